The summed E-state index contributed by atoms with van der Waals surface area (Å²) < 4.78 is 6.04. The van der Waals surface area contributed by atoms with Gasteiger partial charge >= 0.3 is 0 Å². The highest BCUT2D eigenvalue weighted by Crippen LogP contribution is 2.60. The fraction of sp³-hybridized carbons (Fsp3) is 0.737. The molecule has 0 bridgehead atoms. The second kappa shape index (κ2) is 5.82. The molecule has 2 aliphatic heterocycles. The van der Waals surface area contributed by atoms with E-state index >= 15 is 0 Å². The van der Waals surface area contributed by atoms with Crippen LogP contribution in [0.5, 0.6) is 0 Å². The van der Waals surface area contributed by atoms with Gasteiger partial charge in [0.15, 0.2) is 0 Å². The van der Waals surface area contributed by atoms with Gasteiger partial charge in [0.25, 0.3) is 0 Å². The molecule has 1 spiro atoms. The van der Waals surface area contributed by atoms with Gasteiger partial charge in [0.05, 0.1) is 12.6 Å². The third kappa shape index (κ3) is 2.21. The summed E-state index contributed by atoms with van der Waals surface area (Å²) in [6, 6.07) is 2.67. The van der Waals surface area contributed by atoms with Gasteiger partial charge in [-0.25, -0.2) is 0 Å². The summed E-state index contributed by atoms with van der Waals surface area (Å²) in [6.45, 7) is 3.08. The summed E-state index contributed by atoms with van der Waals surface area (Å²) in [7, 11) is 0. The minimum atomic E-state index is 0.266. The number of carbonyl (C=O) groups excluding carboxylic acids is 1. The number of ether oxygens (including phenoxy) is 1. The molecule has 24 heavy (non-hydrogen) atoms. The van der Waals surface area contributed by atoms with Gasteiger partial charge in [-0.05, 0) is 42.7 Å². The number of amides is 1. The van der Waals surface area contributed by atoms with Crippen molar-refractivity contribution in [3.63, 3.8) is 0 Å². The van der Waals surface area contributed by atoms with Crippen LogP contribution in [0, 0.1) is 11.3 Å². The zero-order valence-corrected chi connectivity index (χ0v) is 14.9. The van der Waals surface area contributed by atoms with Crippen LogP contribution < -0.4 is 5.32 Å². The summed E-state index contributed by atoms with van der Waals surface area (Å²) in [5, 5.41) is 5.82. The second-order valence-electron chi connectivity index (χ2n) is 7.98. The molecule has 1 N–H and O–H groups in total. The van der Waals surface area contributed by atoms with Gasteiger partial charge in [-0.15, -0.1) is 11.3 Å². The Hall–Kier alpha value is -0.910. The Balaban J connectivity index is 1.22. The maximum Gasteiger partial charge on any atom is 0.236 e. The number of hydrogen-bond donors (Lipinski definition) is 1. The molecule has 0 radical (unpaired) electrons. The van der Waals surface area contributed by atoms with Gasteiger partial charge in [0, 0.05) is 41.9 Å². The molecule has 130 valence electrons. The van der Waals surface area contributed by atoms with E-state index in [9.17, 15) is 4.79 Å². The number of nitrogens with zero attached hydrogens (tertiary/aromatic N) is 1. The predicted octanol–water partition coefficient (Wildman–Crippen LogP) is 2.57. The average molecular weight is 346 g/mol. The van der Waals surface area contributed by atoms with Crippen LogP contribution in [0.2, 0.25) is 0 Å². The Kier molecular flexibility index (Phi) is 3.72. The van der Waals surface area contributed by atoms with Gasteiger partial charge in [0.2, 0.25) is 5.91 Å². The highest BCUT2D eigenvalue weighted by molar-refractivity contribution is 7.10. The molecular formula is C19H26N2O2S. The maximum atomic E-state index is 12.7. The first-order chi connectivity index (χ1) is 11.8. The van der Waals surface area contributed by atoms with Crippen molar-refractivity contribution < 1.29 is 9.53 Å². The number of rotatable bonds is 3. The van der Waals surface area contributed by atoms with Crippen LogP contribution in [0.3, 0.4) is 0 Å². The average Bonchev–Trinajstić information content (AvgIpc) is 3.33. The fourth-order valence-corrected chi connectivity index (χ4v) is 6.67. The normalized spacial score (nSPS) is 33.3. The second-order valence-corrected chi connectivity index (χ2v) is 8.98. The zero-order chi connectivity index (χ0) is 16.1. The monoisotopic (exact) mass is 346 g/mol. The van der Waals surface area contributed by atoms with Crippen LogP contribution in [-0.4, -0.2) is 42.6 Å². The van der Waals surface area contributed by atoms with E-state index in [1.54, 1.807) is 0 Å². The van der Waals surface area contributed by atoms with E-state index in [0.29, 0.717) is 30.0 Å². The minimum Gasteiger partial charge on any atom is -0.377 e. The number of nitrogens with one attached hydrogen (secondary N) is 1. The first-order valence-electron chi connectivity index (χ1n) is 9.46. The summed E-state index contributed by atoms with van der Waals surface area (Å²) in [4.78, 5) is 16.2. The fourth-order valence-electron chi connectivity index (χ4n) is 5.78. The number of hydrogen-bond acceptors (Lipinski definition) is 4. The molecule has 4 nitrogen and oxygen atoms in total. The van der Waals surface area contributed by atoms with Crippen LogP contribution in [-0.2, 0) is 22.5 Å². The zero-order valence-electron chi connectivity index (χ0n) is 14.1. The van der Waals surface area contributed by atoms with Crippen LogP contribution >= 0.6 is 11.3 Å². The molecule has 3 atom stereocenters. The van der Waals surface area contributed by atoms with Crippen molar-refractivity contribution >= 4 is 17.2 Å². The van der Waals surface area contributed by atoms with Crippen molar-refractivity contribution in [3.05, 3.63) is 21.9 Å². The number of fused-ring (bicyclic) bond motifs is 3. The van der Waals surface area contributed by atoms with E-state index in [1.807, 2.05) is 16.2 Å². The molecule has 0 unspecified atom stereocenters. The number of carbonyl (C=O) groups is 1. The van der Waals surface area contributed by atoms with Crippen molar-refractivity contribution in [2.75, 3.05) is 19.7 Å². The molecule has 1 aromatic rings. The summed E-state index contributed by atoms with van der Waals surface area (Å²) in [6.07, 6.45) is 7.86. The smallest absolute Gasteiger partial charge is 0.236 e. The van der Waals surface area contributed by atoms with Gasteiger partial charge in [-0.3, -0.25) is 4.79 Å². The third-order valence-electron chi connectivity index (χ3n) is 6.92. The highest BCUT2D eigenvalue weighted by Gasteiger charge is 2.64. The van der Waals surface area contributed by atoms with Crippen LogP contribution in [0.25, 0.3) is 0 Å². The van der Waals surface area contributed by atoms with E-state index in [1.165, 1.54) is 42.5 Å². The molecule has 1 amide bonds. The SMILES string of the molecule is O=C(CN[C@@H]1[C@@H]2CCO[C@@H]2C12CCCC2)N1CCc2sccc2C1. The largest absolute Gasteiger partial charge is 0.377 e. The van der Waals surface area contributed by atoms with E-state index < -0.39 is 0 Å². The summed E-state index contributed by atoms with van der Waals surface area (Å²) in [5.74, 6) is 0.906. The maximum absolute atomic E-state index is 12.7. The molecule has 2 aliphatic carbocycles. The van der Waals surface area contributed by atoms with E-state index in [-0.39, 0.29) is 5.91 Å². The van der Waals surface area contributed by atoms with Crippen molar-refractivity contribution in [1.82, 2.24) is 10.2 Å². The molecule has 4 aliphatic rings. The van der Waals surface area contributed by atoms with E-state index in [0.717, 1.165) is 26.1 Å². The first-order valence-corrected chi connectivity index (χ1v) is 10.3. The Morgan fingerprint density at radius 3 is 3.17 bits per heavy atom. The molecule has 5 rings (SSSR count). The lowest BCUT2D eigenvalue weighted by Gasteiger charge is -2.57. The lowest BCUT2D eigenvalue weighted by molar-refractivity contribution is -0.140. The van der Waals surface area contributed by atoms with Crippen molar-refractivity contribution in [1.29, 1.82) is 0 Å². The molecule has 3 fully saturated rings. The Bertz CT molecular complexity index is 637. The molecule has 0 aromatic carbocycles. The topological polar surface area (TPSA) is 41.6 Å². The molecule has 1 saturated heterocycles. The Morgan fingerprint density at radius 2 is 2.29 bits per heavy atom. The standard InChI is InChI=1S/C19H26N2O2S/c22-16(21-8-3-15-13(12-21)5-10-24-15)11-20-17-14-4-9-23-18(14)19(17)6-1-2-7-19/h5,10,14,17-18,20H,1-4,6-9,11-12H2/t14-,17+,18-/m0/s1. The van der Waals surface area contributed by atoms with Gasteiger partial charge < -0.3 is 15.0 Å². The van der Waals surface area contributed by atoms with Crippen molar-refractivity contribution in [2.45, 2.75) is 57.2 Å². The quantitative estimate of drug-likeness (QED) is 0.915. The van der Waals surface area contributed by atoms with Gasteiger partial charge in [-0.1, -0.05) is 12.8 Å². The molecule has 3 heterocycles. The van der Waals surface area contributed by atoms with Crippen LogP contribution in [0.15, 0.2) is 11.4 Å². The van der Waals surface area contributed by atoms with Gasteiger partial charge in [0.1, 0.15) is 0 Å². The van der Waals surface area contributed by atoms with Crippen molar-refractivity contribution in [2.24, 2.45) is 11.3 Å². The minimum absolute atomic E-state index is 0.266. The van der Waals surface area contributed by atoms with Crippen LogP contribution in [0.4, 0.5) is 0 Å². The van der Waals surface area contributed by atoms with Crippen LogP contribution in [0.1, 0.15) is 42.5 Å². The molecule has 5 heteroatoms. The highest BCUT2D eigenvalue weighted by atomic mass is 32.1. The molecule has 1 aromatic heterocycles. The van der Waals surface area contributed by atoms with E-state index in [4.69, 9.17) is 4.74 Å². The Morgan fingerprint density at radius 1 is 1.42 bits per heavy atom. The lowest BCUT2D eigenvalue weighted by Crippen LogP contribution is -2.68. The lowest BCUT2D eigenvalue weighted by atomic mass is 9.54. The molecule has 2 saturated carbocycles. The predicted molar refractivity (Wildman–Crippen MR) is 94.0 cm³/mol. The Labute approximate surface area is 147 Å². The van der Waals surface area contributed by atoms with E-state index in [2.05, 4.69) is 16.8 Å². The number of thiophene rings is 1. The van der Waals surface area contributed by atoms with Gasteiger partial charge in [-0.2, -0.15) is 0 Å². The first kappa shape index (κ1) is 15.4. The summed E-state index contributed by atoms with van der Waals surface area (Å²) in [5.41, 5.74) is 1.68. The molecular weight excluding hydrogens is 320 g/mol. The third-order valence-corrected chi connectivity index (χ3v) is 7.94. The van der Waals surface area contributed by atoms with Crippen molar-refractivity contribution in [3.8, 4) is 0 Å². The summed E-state index contributed by atoms with van der Waals surface area (Å²) >= 11 is 1.83.